The van der Waals surface area contributed by atoms with Gasteiger partial charge in [0.15, 0.2) is 0 Å². The smallest absolute Gasteiger partial charge is 0.317 e. The van der Waals surface area contributed by atoms with Gasteiger partial charge in [-0.05, 0) is 43.4 Å². The lowest BCUT2D eigenvalue weighted by atomic mass is 10.0. The molecule has 1 saturated carbocycles. The van der Waals surface area contributed by atoms with Crippen molar-refractivity contribution in [1.29, 1.82) is 0 Å². The van der Waals surface area contributed by atoms with E-state index < -0.39 is 0 Å². The second kappa shape index (κ2) is 6.20. The van der Waals surface area contributed by atoms with Gasteiger partial charge >= 0.3 is 6.03 Å². The monoisotopic (exact) mass is 286 g/mol. The molecular weight excluding hydrogens is 264 g/mol. The molecule has 2 aliphatic rings. The topological polar surface area (TPSA) is 41.6 Å². The molecule has 0 atom stereocenters. The summed E-state index contributed by atoms with van der Waals surface area (Å²) in [6.45, 7) is 2.27. The minimum atomic E-state index is 0.0469. The summed E-state index contributed by atoms with van der Waals surface area (Å²) in [6.07, 6.45) is 4.70. The maximum atomic E-state index is 12.2. The number of ether oxygens (including phenoxy) is 1. The van der Waals surface area contributed by atoms with Crippen LogP contribution in [0.2, 0.25) is 0 Å². The fourth-order valence-corrected chi connectivity index (χ4v) is 2.78. The Morgan fingerprint density at radius 2 is 1.71 bits per heavy atom. The van der Waals surface area contributed by atoms with Crippen molar-refractivity contribution in [3.63, 3.8) is 0 Å². The number of likely N-dealkylation sites (tertiary alicyclic amines) is 1. The Morgan fingerprint density at radius 3 is 2.29 bits per heavy atom. The molecule has 2 amide bonds. The van der Waals surface area contributed by atoms with E-state index in [1.807, 2.05) is 29.2 Å². The van der Waals surface area contributed by atoms with E-state index in [0.29, 0.717) is 6.54 Å². The van der Waals surface area contributed by atoms with Gasteiger partial charge in [-0.15, -0.1) is 0 Å². The Kier molecular flexibility index (Phi) is 4.13. The van der Waals surface area contributed by atoms with Crippen molar-refractivity contribution >= 4 is 6.03 Å². The summed E-state index contributed by atoms with van der Waals surface area (Å²) in [6, 6.07) is 7.83. The summed E-state index contributed by atoms with van der Waals surface area (Å²) in [7, 11) is 1.65. The maximum Gasteiger partial charge on any atom is 0.317 e. The van der Waals surface area contributed by atoms with E-state index in [4.69, 9.17) is 4.74 Å². The molecule has 1 aromatic rings. The van der Waals surface area contributed by atoms with Crippen LogP contribution >= 0.6 is 0 Å². The minimum absolute atomic E-state index is 0.0469. The number of carbonyl (C=O) groups excluding carboxylic acids is 1. The van der Waals surface area contributed by atoms with Crippen molar-refractivity contribution in [3.05, 3.63) is 41.0 Å². The second-order valence-corrected chi connectivity index (χ2v) is 5.70. The van der Waals surface area contributed by atoms with Crippen LogP contribution in [-0.2, 0) is 6.54 Å². The third-order valence-corrected chi connectivity index (χ3v) is 4.26. The van der Waals surface area contributed by atoms with Crippen molar-refractivity contribution in [2.24, 2.45) is 0 Å². The molecule has 21 heavy (non-hydrogen) atoms. The summed E-state index contributed by atoms with van der Waals surface area (Å²) in [4.78, 5) is 14.1. The number of benzene rings is 1. The summed E-state index contributed by atoms with van der Waals surface area (Å²) >= 11 is 0. The van der Waals surface area contributed by atoms with Gasteiger partial charge in [-0.3, -0.25) is 0 Å². The number of hydrogen-bond donors (Lipinski definition) is 1. The van der Waals surface area contributed by atoms with Crippen LogP contribution in [-0.4, -0.2) is 31.1 Å². The molecule has 0 spiro atoms. The van der Waals surface area contributed by atoms with Crippen molar-refractivity contribution in [2.75, 3.05) is 20.2 Å². The van der Waals surface area contributed by atoms with Crippen molar-refractivity contribution in [3.8, 4) is 5.75 Å². The van der Waals surface area contributed by atoms with Crippen LogP contribution in [0.3, 0.4) is 0 Å². The fourth-order valence-electron chi connectivity index (χ4n) is 2.78. The second-order valence-electron chi connectivity index (χ2n) is 5.70. The average Bonchev–Trinajstić information content (AvgIpc) is 3.38. The molecule has 1 aliphatic heterocycles. The molecule has 112 valence electrons. The molecule has 0 aromatic heterocycles. The number of methoxy groups -OCH3 is 1. The molecule has 0 unspecified atom stereocenters. The molecule has 3 rings (SSSR count). The highest BCUT2D eigenvalue weighted by Gasteiger charge is 2.24. The number of hydrogen-bond acceptors (Lipinski definition) is 2. The summed E-state index contributed by atoms with van der Waals surface area (Å²) in [5.74, 6) is 0.835. The summed E-state index contributed by atoms with van der Waals surface area (Å²) < 4.78 is 5.12. The number of carbonyl (C=O) groups is 1. The van der Waals surface area contributed by atoms with Crippen LogP contribution in [0.25, 0.3) is 0 Å². The molecule has 0 radical (unpaired) electrons. The van der Waals surface area contributed by atoms with Gasteiger partial charge in [0.05, 0.1) is 7.11 Å². The zero-order valence-electron chi connectivity index (χ0n) is 12.5. The predicted octanol–water partition coefficient (Wildman–Crippen LogP) is 3.09. The Bertz CT molecular complexity index is 532. The highest BCUT2D eigenvalue weighted by Crippen LogP contribution is 2.35. The van der Waals surface area contributed by atoms with E-state index in [-0.39, 0.29) is 6.03 Å². The molecule has 0 bridgehead atoms. The standard InChI is InChI=1S/C17H22N2O2/c1-21-16-6-2-13(3-7-16)12-18-17(20)19-10-8-15(9-11-19)14-4-5-14/h2-3,6-7H,4-5,8-12H2,1H3,(H,18,20). The molecule has 2 fully saturated rings. The first-order valence-corrected chi connectivity index (χ1v) is 7.62. The highest BCUT2D eigenvalue weighted by atomic mass is 16.5. The van der Waals surface area contributed by atoms with E-state index in [1.54, 1.807) is 18.3 Å². The molecule has 1 aromatic carbocycles. The Labute approximate surface area is 125 Å². The SMILES string of the molecule is COc1ccc(CNC(=O)N2CCC(=C3CC3)CC2)cc1. The van der Waals surface area contributed by atoms with Crippen LogP contribution in [0.5, 0.6) is 5.75 Å². The van der Waals surface area contributed by atoms with Gasteiger partial charge < -0.3 is 15.0 Å². The van der Waals surface area contributed by atoms with Gasteiger partial charge in [0.25, 0.3) is 0 Å². The van der Waals surface area contributed by atoms with Crippen LogP contribution in [0.1, 0.15) is 31.2 Å². The van der Waals surface area contributed by atoms with Gasteiger partial charge in [-0.25, -0.2) is 4.79 Å². The first kappa shape index (κ1) is 14.0. The van der Waals surface area contributed by atoms with Gasteiger partial charge in [-0.2, -0.15) is 0 Å². The fraction of sp³-hybridized carbons (Fsp3) is 0.471. The Morgan fingerprint density at radius 1 is 1.10 bits per heavy atom. The maximum absolute atomic E-state index is 12.2. The molecule has 1 heterocycles. The number of urea groups is 1. The van der Waals surface area contributed by atoms with Gasteiger partial charge in [0, 0.05) is 19.6 Å². The quantitative estimate of drug-likeness (QED) is 0.868. The molecule has 4 heteroatoms. The minimum Gasteiger partial charge on any atom is -0.497 e. The number of allylic oxidation sites excluding steroid dienone is 1. The van der Waals surface area contributed by atoms with Crippen molar-refractivity contribution in [2.45, 2.75) is 32.2 Å². The van der Waals surface area contributed by atoms with E-state index >= 15 is 0 Å². The molecule has 4 nitrogen and oxygen atoms in total. The first-order valence-electron chi connectivity index (χ1n) is 7.62. The lowest BCUT2D eigenvalue weighted by molar-refractivity contribution is 0.193. The zero-order chi connectivity index (χ0) is 14.7. The van der Waals surface area contributed by atoms with E-state index in [0.717, 1.165) is 37.2 Å². The molecule has 1 N–H and O–H groups in total. The largest absolute Gasteiger partial charge is 0.497 e. The lowest BCUT2D eigenvalue weighted by Gasteiger charge is -2.28. The normalized spacial score (nSPS) is 17.7. The summed E-state index contributed by atoms with van der Waals surface area (Å²) in [5, 5.41) is 3.00. The van der Waals surface area contributed by atoms with E-state index in [9.17, 15) is 4.79 Å². The number of amides is 2. The van der Waals surface area contributed by atoms with Crippen LogP contribution in [0.15, 0.2) is 35.4 Å². The zero-order valence-corrected chi connectivity index (χ0v) is 12.5. The van der Waals surface area contributed by atoms with Crippen molar-refractivity contribution < 1.29 is 9.53 Å². The van der Waals surface area contributed by atoms with Crippen LogP contribution in [0, 0.1) is 0 Å². The van der Waals surface area contributed by atoms with Crippen LogP contribution < -0.4 is 10.1 Å². The number of nitrogens with one attached hydrogen (secondary N) is 1. The van der Waals surface area contributed by atoms with Crippen LogP contribution in [0.4, 0.5) is 4.79 Å². The molecule has 1 saturated heterocycles. The molecule has 1 aliphatic carbocycles. The van der Waals surface area contributed by atoms with Gasteiger partial charge in [-0.1, -0.05) is 23.3 Å². The van der Waals surface area contributed by atoms with E-state index in [2.05, 4.69) is 5.32 Å². The van der Waals surface area contributed by atoms with E-state index in [1.165, 1.54) is 12.8 Å². The first-order chi connectivity index (χ1) is 10.3. The Hall–Kier alpha value is -1.97. The number of piperidine rings is 1. The molecular formula is C17H22N2O2. The van der Waals surface area contributed by atoms with Gasteiger partial charge in [0.1, 0.15) is 5.75 Å². The van der Waals surface area contributed by atoms with Gasteiger partial charge in [0.2, 0.25) is 0 Å². The van der Waals surface area contributed by atoms with Crippen molar-refractivity contribution in [1.82, 2.24) is 10.2 Å². The third kappa shape index (κ3) is 3.57. The predicted molar refractivity (Wildman–Crippen MR) is 82.3 cm³/mol. The highest BCUT2D eigenvalue weighted by molar-refractivity contribution is 5.74. The summed E-state index contributed by atoms with van der Waals surface area (Å²) in [5.41, 5.74) is 4.34. The third-order valence-electron chi connectivity index (χ3n) is 4.26. The Balaban J connectivity index is 1.46. The lowest BCUT2D eigenvalue weighted by Crippen LogP contribution is -2.42. The average molecular weight is 286 g/mol. The number of rotatable bonds is 3. The number of nitrogens with zero attached hydrogens (tertiary/aromatic N) is 1.